The Hall–Kier alpha value is -0.870. The second kappa shape index (κ2) is 4.42. The maximum absolute atomic E-state index is 6.22. The number of nitrogens with zero attached hydrogens (tertiary/aromatic N) is 3. The van der Waals surface area contributed by atoms with Gasteiger partial charge in [0.2, 0.25) is 0 Å². The van der Waals surface area contributed by atoms with Crippen LogP contribution in [0.2, 0.25) is 5.15 Å². The van der Waals surface area contributed by atoms with E-state index in [0.717, 1.165) is 43.4 Å². The normalized spacial score (nSPS) is 20.7. The maximum Gasteiger partial charge on any atom is 0.137 e. The predicted molar refractivity (Wildman–Crippen MR) is 68.8 cm³/mol. The Morgan fingerprint density at radius 1 is 1.24 bits per heavy atom. The molecule has 4 nitrogen and oxygen atoms in total. The van der Waals surface area contributed by atoms with Crippen LogP contribution in [0.4, 0.5) is 5.82 Å². The van der Waals surface area contributed by atoms with Crippen LogP contribution in [0.1, 0.15) is 30.1 Å². The molecule has 1 saturated carbocycles. The molecule has 1 aromatic heterocycles. The van der Waals surface area contributed by atoms with Crippen LogP contribution < -0.4 is 10.2 Å². The van der Waals surface area contributed by atoms with Gasteiger partial charge in [-0.05, 0) is 19.8 Å². The Balaban J connectivity index is 1.95. The maximum atomic E-state index is 6.22. The first-order valence-corrected chi connectivity index (χ1v) is 6.63. The standard InChI is InChI=1S/C12H17ClN4/c1-8-10(13)15-11(9-2-3-9)16-12(8)17-6-4-14-5-7-17/h9,14H,2-7H2,1H3. The van der Waals surface area contributed by atoms with Crippen LogP contribution in [0.5, 0.6) is 0 Å². The molecule has 2 aliphatic rings. The van der Waals surface area contributed by atoms with Gasteiger partial charge in [0.25, 0.3) is 0 Å². The van der Waals surface area contributed by atoms with Crippen molar-refractivity contribution in [3.05, 3.63) is 16.5 Å². The quantitative estimate of drug-likeness (QED) is 0.814. The molecule has 0 amide bonds. The minimum Gasteiger partial charge on any atom is -0.354 e. The van der Waals surface area contributed by atoms with Gasteiger partial charge in [-0.3, -0.25) is 0 Å². The van der Waals surface area contributed by atoms with Gasteiger partial charge < -0.3 is 10.2 Å². The molecule has 0 unspecified atom stereocenters. The molecule has 17 heavy (non-hydrogen) atoms. The van der Waals surface area contributed by atoms with Crippen LogP contribution in [0, 0.1) is 6.92 Å². The van der Waals surface area contributed by atoms with Crippen LogP contribution in [0.15, 0.2) is 0 Å². The van der Waals surface area contributed by atoms with Crippen molar-refractivity contribution >= 4 is 17.4 Å². The zero-order chi connectivity index (χ0) is 11.8. The fraction of sp³-hybridized carbons (Fsp3) is 0.667. The van der Waals surface area contributed by atoms with Crippen LogP contribution in [-0.2, 0) is 0 Å². The van der Waals surface area contributed by atoms with Crippen molar-refractivity contribution in [1.29, 1.82) is 0 Å². The first-order valence-electron chi connectivity index (χ1n) is 6.25. The lowest BCUT2D eigenvalue weighted by Gasteiger charge is -2.30. The van der Waals surface area contributed by atoms with Crippen molar-refractivity contribution in [1.82, 2.24) is 15.3 Å². The molecule has 0 atom stereocenters. The van der Waals surface area contributed by atoms with Gasteiger partial charge in [-0.25, -0.2) is 9.97 Å². The van der Waals surface area contributed by atoms with E-state index in [-0.39, 0.29) is 0 Å². The summed E-state index contributed by atoms with van der Waals surface area (Å²) in [6.45, 7) is 6.03. The number of hydrogen-bond acceptors (Lipinski definition) is 4. The molecule has 0 bridgehead atoms. The zero-order valence-corrected chi connectivity index (χ0v) is 10.8. The molecule has 1 aliphatic heterocycles. The number of hydrogen-bond donors (Lipinski definition) is 1. The van der Waals surface area contributed by atoms with E-state index < -0.39 is 0 Å². The van der Waals surface area contributed by atoms with Crippen molar-refractivity contribution in [2.75, 3.05) is 31.1 Å². The lowest BCUT2D eigenvalue weighted by Crippen LogP contribution is -2.44. The van der Waals surface area contributed by atoms with Gasteiger partial charge in [0.15, 0.2) is 0 Å². The SMILES string of the molecule is Cc1c(Cl)nc(C2CC2)nc1N1CCNCC1. The van der Waals surface area contributed by atoms with Gasteiger partial charge in [0.1, 0.15) is 16.8 Å². The average Bonchev–Trinajstić information content (AvgIpc) is 3.18. The minimum atomic E-state index is 0.551. The van der Waals surface area contributed by atoms with Crippen molar-refractivity contribution in [3.8, 4) is 0 Å². The molecule has 5 heteroatoms. The summed E-state index contributed by atoms with van der Waals surface area (Å²) in [6, 6.07) is 0. The summed E-state index contributed by atoms with van der Waals surface area (Å²) in [7, 11) is 0. The van der Waals surface area contributed by atoms with E-state index in [9.17, 15) is 0 Å². The lowest BCUT2D eigenvalue weighted by atomic mass is 10.2. The molecule has 1 saturated heterocycles. The van der Waals surface area contributed by atoms with Crippen LogP contribution in [-0.4, -0.2) is 36.1 Å². The summed E-state index contributed by atoms with van der Waals surface area (Å²) in [5.41, 5.74) is 1.01. The Bertz CT molecular complexity index is 425. The molecule has 1 aliphatic carbocycles. The monoisotopic (exact) mass is 252 g/mol. The highest BCUT2D eigenvalue weighted by atomic mass is 35.5. The summed E-state index contributed by atoms with van der Waals surface area (Å²) in [6.07, 6.45) is 2.42. The summed E-state index contributed by atoms with van der Waals surface area (Å²) in [5.74, 6) is 2.53. The first-order chi connectivity index (χ1) is 8.25. The van der Waals surface area contributed by atoms with Gasteiger partial charge in [-0.15, -0.1) is 0 Å². The second-order valence-corrected chi connectivity index (χ2v) is 5.19. The van der Waals surface area contributed by atoms with E-state index in [4.69, 9.17) is 16.6 Å². The Kier molecular flexibility index (Phi) is 2.92. The van der Waals surface area contributed by atoms with Crippen LogP contribution in [0.3, 0.4) is 0 Å². The fourth-order valence-electron chi connectivity index (χ4n) is 2.20. The molecule has 0 spiro atoms. The molecule has 1 N–H and O–H groups in total. The first kappa shape index (κ1) is 11.2. The zero-order valence-electron chi connectivity index (χ0n) is 10.0. The minimum absolute atomic E-state index is 0.551. The number of halogens is 1. The van der Waals surface area contributed by atoms with Crippen molar-refractivity contribution in [3.63, 3.8) is 0 Å². The summed E-state index contributed by atoms with van der Waals surface area (Å²) < 4.78 is 0. The van der Waals surface area contributed by atoms with Crippen molar-refractivity contribution in [2.24, 2.45) is 0 Å². The van der Waals surface area contributed by atoms with E-state index >= 15 is 0 Å². The number of rotatable bonds is 2. The Morgan fingerprint density at radius 3 is 2.59 bits per heavy atom. The average molecular weight is 253 g/mol. The Morgan fingerprint density at radius 2 is 1.94 bits per heavy atom. The molecular formula is C12H17ClN4. The fourth-order valence-corrected chi connectivity index (χ4v) is 2.37. The summed E-state index contributed by atoms with van der Waals surface area (Å²) >= 11 is 6.22. The third-order valence-corrected chi connectivity index (χ3v) is 3.81. The summed E-state index contributed by atoms with van der Waals surface area (Å²) in [5, 5.41) is 3.97. The van der Waals surface area contributed by atoms with E-state index in [1.807, 2.05) is 6.92 Å². The van der Waals surface area contributed by atoms with Crippen LogP contribution in [0.25, 0.3) is 0 Å². The van der Waals surface area contributed by atoms with Gasteiger partial charge in [-0.2, -0.15) is 0 Å². The molecule has 92 valence electrons. The highest BCUT2D eigenvalue weighted by Crippen LogP contribution is 2.39. The number of nitrogens with one attached hydrogen (secondary N) is 1. The smallest absolute Gasteiger partial charge is 0.137 e. The largest absolute Gasteiger partial charge is 0.354 e. The number of aromatic nitrogens is 2. The van der Waals surface area contributed by atoms with Gasteiger partial charge >= 0.3 is 0 Å². The molecule has 2 fully saturated rings. The van der Waals surface area contributed by atoms with Gasteiger partial charge in [-0.1, -0.05) is 11.6 Å². The van der Waals surface area contributed by atoms with Gasteiger partial charge in [0, 0.05) is 37.7 Å². The summed E-state index contributed by atoms with van der Waals surface area (Å²) in [4.78, 5) is 11.4. The van der Waals surface area contributed by atoms with Gasteiger partial charge in [0.05, 0.1) is 0 Å². The van der Waals surface area contributed by atoms with Crippen molar-refractivity contribution in [2.45, 2.75) is 25.7 Å². The second-order valence-electron chi connectivity index (χ2n) is 4.83. The molecule has 1 aromatic rings. The highest BCUT2D eigenvalue weighted by Gasteiger charge is 2.29. The molecule has 2 heterocycles. The van der Waals surface area contributed by atoms with E-state index in [1.54, 1.807) is 0 Å². The van der Waals surface area contributed by atoms with Crippen molar-refractivity contribution < 1.29 is 0 Å². The third kappa shape index (κ3) is 2.24. The topological polar surface area (TPSA) is 41.1 Å². The molecular weight excluding hydrogens is 236 g/mol. The predicted octanol–water partition coefficient (Wildman–Crippen LogP) is 1.73. The van der Waals surface area contributed by atoms with E-state index in [0.29, 0.717) is 11.1 Å². The number of piperazine rings is 1. The Labute approximate surface area is 106 Å². The lowest BCUT2D eigenvalue weighted by molar-refractivity contribution is 0.582. The number of anilines is 1. The van der Waals surface area contributed by atoms with Crippen LogP contribution >= 0.6 is 11.6 Å². The van der Waals surface area contributed by atoms with E-state index in [1.165, 1.54) is 12.8 Å². The highest BCUT2D eigenvalue weighted by molar-refractivity contribution is 6.30. The van der Waals surface area contributed by atoms with E-state index in [2.05, 4.69) is 15.2 Å². The molecule has 0 radical (unpaired) electrons. The molecule has 3 rings (SSSR count). The molecule has 0 aromatic carbocycles. The third-order valence-electron chi connectivity index (χ3n) is 3.44.